The predicted octanol–water partition coefficient (Wildman–Crippen LogP) is 1.41. The summed E-state index contributed by atoms with van der Waals surface area (Å²) in [5, 5.41) is 2.66. The van der Waals surface area contributed by atoms with Crippen molar-refractivity contribution in [3.05, 3.63) is 17.5 Å². The minimum atomic E-state index is -5.05. The van der Waals surface area contributed by atoms with Gasteiger partial charge in [0.1, 0.15) is 12.2 Å². The molecule has 0 saturated heterocycles. The van der Waals surface area contributed by atoms with E-state index in [4.69, 9.17) is 0 Å². The summed E-state index contributed by atoms with van der Waals surface area (Å²) in [6.45, 7) is -1.08. The Morgan fingerprint density at radius 3 is 2.12 bits per heavy atom. The molecule has 1 heterocycles. The van der Waals surface area contributed by atoms with Crippen LogP contribution >= 0.6 is 0 Å². The van der Waals surface area contributed by atoms with E-state index >= 15 is 0 Å². The molecule has 1 aromatic heterocycles. The fourth-order valence-electron chi connectivity index (χ4n) is 1.05. The minimum absolute atomic E-state index is 0.120. The summed E-state index contributed by atoms with van der Waals surface area (Å²) in [4.78, 5) is 10.4. The third-order valence-corrected chi connectivity index (χ3v) is 1.67. The number of carbonyl (C=O) groups excluding carboxylic acids is 1. The van der Waals surface area contributed by atoms with E-state index in [9.17, 15) is 31.1 Å². The second-order valence-electron chi connectivity index (χ2n) is 3.03. The van der Waals surface area contributed by atoms with Gasteiger partial charge in [0.15, 0.2) is 5.69 Å². The Labute approximate surface area is 90.0 Å². The highest BCUT2D eigenvalue weighted by molar-refractivity contribution is 5.73. The van der Waals surface area contributed by atoms with Crippen LogP contribution in [0.2, 0.25) is 0 Å². The molecule has 2 N–H and O–H groups in total. The van der Waals surface area contributed by atoms with Crippen molar-refractivity contribution in [1.29, 1.82) is 0 Å². The number of alkyl halides is 6. The average molecular weight is 261 g/mol. The quantitative estimate of drug-likeness (QED) is 0.818. The van der Waals surface area contributed by atoms with E-state index in [0.717, 1.165) is 0 Å². The van der Waals surface area contributed by atoms with Gasteiger partial charge in [-0.15, -0.1) is 0 Å². The van der Waals surface area contributed by atoms with Gasteiger partial charge in [-0.3, -0.25) is 9.48 Å². The maximum atomic E-state index is 12.3. The number of rotatable bonds is 2. The number of halogens is 6. The van der Waals surface area contributed by atoms with E-state index in [1.54, 1.807) is 0 Å². The fourth-order valence-corrected chi connectivity index (χ4v) is 1.05. The number of primary amides is 1. The van der Waals surface area contributed by atoms with Crippen LogP contribution in [0.5, 0.6) is 0 Å². The van der Waals surface area contributed by atoms with Gasteiger partial charge in [0, 0.05) is 6.07 Å². The van der Waals surface area contributed by atoms with Gasteiger partial charge in [-0.25, -0.2) is 0 Å². The first-order chi connectivity index (χ1) is 7.51. The molecule has 0 saturated carbocycles. The zero-order valence-corrected chi connectivity index (χ0v) is 7.93. The van der Waals surface area contributed by atoms with Gasteiger partial charge in [-0.1, -0.05) is 0 Å². The van der Waals surface area contributed by atoms with Crippen molar-refractivity contribution in [3.63, 3.8) is 0 Å². The Kier molecular flexibility index (Phi) is 3.08. The van der Waals surface area contributed by atoms with E-state index < -0.39 is 36.2 Å². The van der Waals surface area contributed by atoms with E-state index in [0.29, 0.717) is 0 Å². The Hall–Kier alpha value is -1.74. The molecule has 0 radical (unpaired) electrons. The molecule has 10 heteroatoms. The molecule has 1 amide bonds. The standard InChI is InChI=1S/C7H5F6N3O/c8-6(9,10)3-1-4(7(11,12)13)16(15-3)2-5(14)17/h1H,2H2,(H2,14,17). The molecule has 0 aliphatic rings. The van der Waals surface area contributed by atoms with E-state index in [-0.39, 0.29) is 10.7 Å². The molecule has 96 valence electrons. The van der Waals surface area contributed by atoms with Crippen LogP contribution in [0.25, 0.3) is 0 Å². The molecule has 1 rings (SSSR count). The number of aromatic nitrogens is 2. The van der Waals surface area contributed by atoms with Crippen LogP contribution in [0.15, 0.2) is 6.07 Å². The van der Waals surface area contributed by atoms with Crippen molar-refractivity contribution >= 4 is 5.91 Å². The molecular weight excluding hydrogens is 256 g/mol. The van der Waals surface area contributed by atoms with E-state index in [1.807, 2.05) is 0 Å². The molecule has 0 aliphatic carbocycles. The Bertz CT molecular complexity index is 432. The summed E-state index contributed by atoms with van der Waals surface area (Å²) < 4.78 is 73.3. The maximum Gasteiger partial charge on any atom is 0.435 e. The van der Waals surface area contributed by atoms with Gasteiger partial charge in [0.2, 0.25) is 5.91 Å². The summed E-state index contributed by atoms with van der Waals surface area (Å²) in [6, 6.07) is -0.178. The molecule has 0 bridgehead atoms. The zero-order valence-electron chi connectivity index (χ0n) is 7.93. The SMILES string of the molecule is NC(=O)Cn1nc(C(F)(F)F)cc1C(F)(F)F. The summed E-state index contributed by atoms with van der Waals surface area (Å²) in [5.74, 6) is -1.23. The van der Waals surface area contributed by atoms with Crippen molar-refractivity contribution in [2.24, 2.45) is 5.73 Å². The molecule has 0 fully saturated rings. The third-order valence-electron chi connectivity index (χ3n) is 1.67. The van der Waals surface area contributed by atoms with Crippen molar-refractivity contribution in [2.45, 2.75) is 18.9 Å². The highest BCUT2D eigenvalue weighted by Crippen LogP contribution is 2.34. The van der Waals surface area contributed by atoms with Gasteiger partial charge < -0.3 is 5.73 Å². The molecule has 0 spiro atoms. The van der Waals surface area contributed by atoms with Crippen LogP contribution in [-0.4, -0.2) is 15.7 Å². The number of nitrogens with two attached hydrogens (primary N) is 1. The average Bonchev–Trinajstić information content (AvgIpc) is 2.44. The number of hydrogen-bond donors (Lipinski definition) is 1. The number of amides is 1. The largest absolute Gasteiger partial charge is 0.435 e. The highest BCUT2D eigenvalue weighted by atomic mass is 19.4. The molecule has 0 atom stereocenters. The van der Waals surface area contributed by atoms with Gasteiger partial charge in [0.05, 0.1) is 0 Å². The number of nitrogens with zero attached hydrogens (tertiary/aromatic N) is 2. The molecular formula is C7H5F6N3O. The molecule has 17 heavy (non-hydrogen) atoms. The molecule has 1 aromatic rings. The highest BCUT2D eigenvalue weighted by Gasteiger charge is 2.41. The summed E-state index contributed by atoms with van der Waals surface area (Å²) >= 11 is 0. The van der Waals surface area contributed by atoms with Crippen LogP contribution in [0.1, 0.15) is 11.4 Å². The van der Waals surface area contributed by atoms with Crippen molar-refractivity contribution < 1.29 is 31.1 Å². The first-order valence-corrected chi connectivity index (χ1v) is 4.02. The van der Waals surface area contributed by atoms with Gasteiger partial charge in [0.25, 0.3) is 0 Å². The first kappa shape index (κ1) is 13.3. The minimum Gasteiger partial charge on any atom is -0.368 e. The summed E-state index contributed by atoms with van der Waals surface area (Å²) in [6.07, 6.45) is -10.1. The van der Waals surface area contributed by atoms with Crippen molar-refractivity contribution in [2.75, 3.05) is 0 Å². The Morgan fingerprint density at radius 1 is 1.24 bits per heavy atom. The van der Waals surface area contributed by atoms with Crippen LogP contribution in [0.3, 0.4) is 0 Å². The van der Waals surface area contributed by atoms with Gasteiger partial charge in [-0.05, 0) is 0 Å². The number of carbonyl (C=O) groups is 1. The summed E-state index contributed by atoms with van der Waals surface area (Å²) in [5.41, 5.74) is 1.20. The zero-order chi connectivity index (χ0) is 13.4. The Balaban J connectivity index is 3.27. The second-order valence-corrected chi connectivity index (χ2v) is 3.03. The van der Waals surface area contributed by atoms with E-state index in [1.165, 1.54) is 0 Å². The van der Waals surface area contributed by atoms with Crippen molar-refractivity contribution in [1.82, 2.24) is 9.78 Å². The van der Waals surface area contributed by atoms with Crippen molar-refractivity contribution in [3.8, 4) is 0 Å². The third kappa shape index (κ3) is 3.11. The van der Waals surface area contributed by atoms with Crippen LogP contribution < -0.4 is 5.73 Å². The normalized spacial score (nSPS) is 12.8. The molecule has 0 aromatic carbocycles. The van der Waals surface area contributed by atoms with E-state index in [2.05, 4.69) is 10.8 Å². The fraction of sp³-hybridized carbons (Fsp3) is 0.429. The van der Waals surface area contributed by atoms with Gasteiger partial charge in [-0.2, -0.15) is 31.4 Å². The lowest BCUT2D eigenvalue weighted by Crippen LogP contribution is -2.24. The maximum absolute atomic E-state index is 12.3. The molecule has 0 unspecified atom stereocenters. The lowest BCUT2D eigenvalue weighted by Gasteiger charge is -2.07. The van der Waals surface area contributed by atoms with Crippen LogP contribution in [0.4, 0.5) is 26.3 Å². The number of hydrogen-bond acceptors (Lipinski definition) is 2. The Morgan fingerprint density at radius 2 is 1.76 bits per heavy atom. The topological polar surface area (TPSA) is 60.9 Å². The van der Waals surface area contributed by atoms with Crippen LogP contribution in [-0.2, 0) is 23.7 Å². The molecule has 4 nitrogen and oxygen atoms in total. The lowest BCUT2D eigenvalue weighted by atomic mass is 10.3. The second kappa shape index (κ2) is 3.93. The summed E-state index contributed by atoms with van der Waals surface area (Å²) in [7, 11) is 0. The predicted molar refractivity (Wildman–Crippen MR) is 41.4 cm³/mol. The lowest BCUT2D eigenvalue weighted by molar-refractivity contribution is -0.144. The monoisotopic (exact) mass is 261 g/mol. The van der Waals surface area contributed by atoms with Gasteiger partial charge >= 0.3 is 12.4 Å². The molecule has 0 aliphatic heterocycles. The smallest absolute Gasteiger partial charge is 0.368 e. The van der Waals surface area contributed by atoms with Crippen LogP contribution in [0, 0.1) is 0 Å². The first-order valence-electron chi connectivity index (χ1n) is 4.02.